The van der Waals surface area contributed by atoms with Crippen molar-refractivity contribution in [2.45, 2.75) is 46.2 Å². The van der Waals surface area contributed by atoms with Crippen molar-refractivity contribution in [2.24, 2.45) is 0 Å². The zero-order valence-electron chi connectivity index (χ0n) is 11.9. The third kappa shape index (κ3) is 2.56. The van der Waals surface area contributed by atoms with Crippen LogP contribution in [-0.2, 0) is 6.54 Å². The average Bonchev–Trinajstić information content (AvgIpc) is 3.15. The summed E-state index contributed by atoms with van der Waals surface area (Å²) >= 11 is 0. The van der Waals surface area contributed by atoms with Crippen molar-refractivity contribution >= 4 is 0 Å². The molecule has 1 saturated carbocycles. The second-order valence-electron chi connectivity index (χ2n) is 5.61. The minimum Gasteiger partial charge on any atom is -0.310 e. The second-order valence-corrected chi connectivity index (χ2v) is 5.61. The van der Waals surface area contributed by atoms with E-state index in [1.165, 1.54) is 40.9 Å². The van der Waals surface area contributed by atoms with Gasteiger partial charge in [0.05, 0.1) is 11.9 Å². The van der Waals surface area contributed by atoms with E-state index in [0.717, 1.165) is 12.6 Å². The predicted molar refractivity (Wildman–Crippen MR) is 77.6 cm³/mol. The Morgan fingerprint density at radius 3 is 2.79 bits per heavy atom. The molecule has 3 rings (SSSR count). The third-order valence-corrected chi connectivity index (χ3v) is 3.86. The standard InChI is InChI=1S/C16H21N3/c1-11-4-5-12(2)16(8-11)19-13(3)14(10-18-19)9-17-15-6-7-15/h4-5,8,10,15,17H,6-7,9H2,1-3H3. The van der Waals surface area contributed by atoms with Gasteiger partial charge in [0.25, 0.3) is 0 Å². The Labute approximate surface area is 114 Å². The molecule has 0 saturated heterocycles. The van der Waals surface area contributed by atoms with E-state index in [0.29, 0.717) is 0 Å². The van der Waals surface area contributed by atoms with E-state index in [-0.39, 0.29) is 0 Å². The molecule has 1 aliphatic rings. The highest BCUT2D eigenvalue weighted by molar-refractivity contribution is 5.44. The number of nitrogens with zero attached hydrogens (tertiary/aromatic N) is 2. The maximum absolute atomic E-state index is 4.56. The topological polar surface area (TPSA) is 29.9 Å². The van der Waals surface area contributed by atoms with Gasteiger partial charge in [-0.3, -0.25) is 0 Å². The predicted octanol–water partition coefficient (Wildman–Crippen LogP) is 3.05. The van der Waals surface area contributed by atoms with Crippen LogP contribution in [0.1, 0.15) is 35.2 Å². The largest absolute Gasteiger partial charge is 0.310 e. The van der Waals surface area contributed by atoms with Crippen LogP contribution >= 0.6 is 0 Å². The van der Waals surface area contributed by atoms with E-state index in [1.807, 2.05) is 6.20 Å². The van der Waals surface area contributed by atoms with Crippen molar-refractivity contribution in [3.63, 3.8) is 0 Å². The summed E-state index contributed by atoms with van der Waals surface area (Å²) in [7, 11) is 0. The molecular formula is C16H21N3. The lowest BCUT2D eigenvalue weighted by Crippen LogP contribution is -2.15. The fraction of sp³-hybridized carbons (Fsp3) is 0.438. The first-order chi connectivity index (χ1) is 9.15. The molecule has 2 aromatic rings. The van der Waals surface area contributed by atoms with Crippen molar-refractivity contribution in [1.29, 1.82) is 0 Å². The molecule has 3 heteroatoms. The number of rotatable bonds is 4. The number of benzene rings is 1. The molecule has 3 nitrogen and oxygen atoms in total. The SMILES string of the molecule is Cc1ccc(C)c(-n2ncc(CNC3CC3)c2C)c1. The molecule has 1 N–H and O–H groups in total. The quantitative estimate of drug-likeness (QED) is 0.910. The normalized spacial score (nSPS) is 14.9. The van der Waals surface area contributed by atoms with Crippen molar-refractivity contribution in [3.05, 3.63) is 46.8 Å². The zero-order valence-corrected chi connectivity index (χ0v) is 11.9. The number of aromatic nitrogens is 2. The minimum atomic E-state index is 0.739. The molecule has 1 aromatic heterocycles. The molecular weight excluding hydrogens is 234 g/mol. The third-order valence-electron chi connectivity index (χ3n) is 3.86. The van der Waals surface area contributed by atoms with Gasteiger partial charge in [0.2, 0.25) is 0 Å². The summed E-state index contributed by atoms with van der Waals surface area (Å²) in [5.74, 6) is 0. The molecule has 1 fully saturated rings. The molecule has 1 heterocycles. The lowest BCUT2D eigenvalue weighted by Gasteiger charge is -2.10. The van der Waals surface area contributed by atoms with E-state index in [2.05, 4.69) is 54.1 Å². The van der Waals surface area contributed by atoms with Crippen LogP contribution in [0.5, 0.6) is 0 Å². The van der Waals surface area contributed by atoms with Crippen LogP contribution in [0.4, 0.5) is 0 Å². The summed E-state index contributed by atoms with van der Waals surface area (Å²) in [5.41, 5.74) is 6.26. The van der Waals surface area contributed by atoms with E-state index in [1.54, 1.807) is 0 Å². The molecule has 19 heavy (non-hydrogen) atoms. The number of aryl methyl sites for hydroxylation is 2. The monoisotopic (exact) mass is 255 g/mol. The molecule has 0 radical (unpaired) electrons. The van der Waals surface area contributed by atoms with Gasteiger partial charge in [0.1, 0.15) is 0 Å². The molecule has 0 unspecified atom stereocenters. The average molecular weight is 255 g/mol. The highest BCUT2D eigenvalue weighted by Crippen LogP contribution is 2.22. The summed E-state index contributed by atoms with van der Waals surface area (Å²) in [6, 6.07) is 7.25. The minimum absolute atomic E-state index is 0.739. The first-order valence-corrected chi connectivity index (χ1v) is 6.99. The maximum atomic E-state index is 4.56. The molecule has 0 bridgehead atoms. The van der Waals surface area contributed by atoms with Crippen LogP contribution in [-0.4, -0.2) is 15.8 Å². The summed E-state index contributed by atoms with van der Waals surface area (Å²) in [4.78, 5) is 0. The highest BCUT2D eigenvalue weighted by atomic mass is 15.3. The highest BCUT2D eigenvalue weighted by Gasteiger charge is 2.21. The molecule has 1 aromatic carbocycles. The van der Waals surface area contributed by atoms with Gasteiger partial charge in [0.15, 0.2) is 0 Å². The van der Waals surface area contributed by atoms with E-state index in [4.69, 9.17) is 0 Å². The lowest BCUT2D eigenvalue weighted by atomic mass is 10.1. The summed E-state index contributed by atoms with van der Waals surface area (Å²) in [6.07, 6.45) is 4.64. The Bertz CT molecular complexity index is 594. The van der Waals surface area contributed by atoms with Crippen LogP contribution in [0.25, 0.3) is 5.69 Å². The van der Waals surface area contributed by atoms with Crippen LogP contribution < -0.4 is 5.32 Å². The Balaban J connectivity index is 1.89. The second kappa shape index (κ2) is 4.82. The molecule has 0 amide bonds. The van der Waals surface area contributed by atoms with Gasteiger partial charge in [-0.15, -0.1) is 0 Å². The van der Waals surface area contributed by atoms with E-state index in [9.17, 15) is 0 Å². The van der Waals surface area contributed by atoms with Crippen LogP contribution in [0.2, 0.25) is 0 Å². The van der Waals surface area contributed by atoms with Gasteiger partial charge in [-0.25, -0.2) is 4.68 Å². The van der Waals surface area contributed by atoms with Crippen LogP contribution in [0, 0.1) is 20.8 Å². The summed E-state index contributed by atoms with van der Waals surface area (Å²) in [6.45, 7) is 7.34. The molecule has 0 aliphatic heterocycles. The Hall–Kier alpha value is -1.61. The Morgan fingerprint density at radius 1 is 1.26 bits per heavy atom. The Kier molecular flexibility index (Phi) is 3.15. The fourth-order valence-corrected chi connectivity index (χ4v) is 2.35. The van der Waals surface area contributed by atoms with Crippen molar-refractivity contribution in [3.8, 4) is 5.69 Å². The molecule has 0 atom stereocenters. The number of hydrogen-bond donors (Lipinski definition) is 1. The lowest BCUT2D eigenvalue weighted by molar-refractivity contribution is 0.684. The fourth-order valence-electron chi connectivity index (χ4n) is 2.35. The van der Waals surface area contributed by atoms with Gasteiger partial charge in [-0.1, -0.05) is 12.1 Å². The molecule has 1 aliphatic carbocycles. The maximum Gasteiger partial charge on any atom is 0.0680 e. The van der Waals surface area contributed by atoms with Crippen LogP contribution in [0.15, 0.2) is 24.4 Å². The Morgan fingerprint density at radius 2 is 2.05 bits per heavy atom. The molecule has 100 valence electrons. The smallest absolute Gasteiger partial charge is 0.0680 e. The van der Waals surface area contributed by atoms with Gasteiger partial charge in [0, 0.05) is 23.8 Å². The van der Waals surface area contributed by atoms with Crippen molar-refractivity contribution in [1.82, 2.24) is 15.1 Å². The van der Waals surface area contributed by atoms with Crippen molar-refractivity contribution in [2.75, 3.05) is 0 Å². The van der Waals surface area contributed by atoms with Gasteiger partial charge in [-0.05, 0) is 50.8 Å². The van der Waals surface area contributed by atoms with Crippen molar-refractivity contribution < 1.29 is 0 Å². The van der Waals surface area contributed by atoms with E-state index >= 15 is 0 Å². The first kappa shape index (κ1) is 12.4. The van der Waals surface area contributed by atoms with Gasteiger partial charge < -0.3 is 5.32 Å². The number of nitrogens with one attached hydrogen (secondary N) is 1. The first-order valence-electron chi connectivity index (χ1n) is 6.99. The van der Waals surface area contributed by atoms with Crippen LogP contribution in [0.3, 0.4) is 0 Å². The van der Waals surface area contributed by atoms with Gasteiger partial charge >= 0.3 is 0 Å². The number of hydrogen-bond acceptors (Lipinski definition) is 2. The molecule has 0 spiro atoms. The summed E-state index contributed by atoms with van der Waals surface area (Å²) < 4.78 is 2.06. The summed E-state index contributed by atoms with van der Waals surface area (Å²) in [5, 5.41) is 8.11. The zero-order chi connectivity index (χ0) is 13.4. The van der Waals surface area contributed by atoms with E-state index < -0.39 is 0 Å². The van der Waals surface area contributed by atoms with Gasteiger partial charge in [-0.2, -0.15) is 5.10 Å².